The summed E-state index contributed by atoms with van der Waals surface area (Å²) in [6, 6.07) is 2.88. The molecule has 1 aromatic rings. The molecule has 1 N–H and O–H groups in total. The van der Waals surface area contributed by atoms with Crippen molar-refractivity contribution in [2.45, 2.75) is 77.1 Å². The Balaban J connectivity index is 1.92. The standard InChI is InChI=1S/C17H31N3S/c1-4-14-11-16(20(6-3)19-14)12-15(18-5-2)13-21-17-9-7-8-10-17/h11,15,17-18H,4-10,12-13H2,1-3H3. The third-order valence-electron chi connectivity index (χ3n) is 4.36. The lowest BCUT2D eigenvalue weighted by molar-refractivity contribution is 0.532. The third kappa shape index (κ3) is 5.03. The monoisotopic (exact) mass is 309 g/mol. The van der Waals surface area contributed by atoms with Crippen LogP contribution in [0.2, 0.25) is 0 Å². The second-order valence-corrected chi connectivity index (χ2v) is 7.33. The van der Waals surface area contributed by atoms with Gasteiger partial charge in [0.25, 0.3) is 0 Å². The highest BCUT2D eigenvalue weighted by Crippen LogP contribution is 2.30. The van der Waals surface area contributed by atoms with Gasteiger partial charge in [0.05, 0.1) is 5.69 Å². The SMILES string of the molecule is CCNC(CSC1CCCC1)Cc1cc(CC)nn1CC. The van der Waals surface area contributed by atoms with Crippen molar-refractivity contribution in [3.63, 3.8) is 0 Å². The predicted molar refractivity (Wildman–Crippen MR) is 93.2 cm³/mol. The zero-order chi connectivity index (χ0) is 15.1. The summed E-state index contributed by atoms with van der Waals surface area (Å²) >= 11 is 2.19. The molecular weight excluding hydrogens is 278 g/mol. The normalized spacial score (nSPS) is 17.5. The van der Waals surface area contributed by atoms with Gasteiger partial charge in [0.15, 0.2) is 0 Å². The van der Waals surface area contributed by atoms with Gasteiger partial charge >= 0.3 is 0 Å². The Morgan fingerprint density at radius 2 is 2.10 bits per heavy atom. The summed E-state index contributed by atoms with van der Waals surface area (Å²) < 4.78 is 2.18. The van der Waals surface area contributed by atoms with Gasteiger partial charge in [-0.05, 0) is 38.8 Å². The van der Waals surface area contributed by atoms with Crippen molar-refractivity contribution in [2.75, 3.05) is 12.3 Å². The van der Waals surface area contributed by atoms with Gasteiger partial charge in [-0.3, -0.25) is 4.68 Å². The van der Waals surface area contributed by atoms with Gasteiger partial charge in [0.2, 0.25) is 0 Å². The van der Waals surface area contributed by atoms with Crippen molar-refractivity contribution >= 4 is 11.8 Å². The van der Waals surface area contributed by atoms with E-state index >= 15 is 0 Å². The molecule has 0 saturated heterocycles. The summed E-state index contributed by atoms with van der Waals surface area (Å²) in [5.74, 6) is 1.23. The third-order valence-corrected chi connectivity index (χ3v) is 5.90. The molecule has 0 bridgehead atoms. The maximum Gasteiger partial charge on any atom is 0.0624 e. The largest absolute Gasteiger partial charge is 0.313 e. The van der Waals surface area contributed by atoms with Crippen LogP contribution in [0.1, 0.15) is 57.8 Å². The second kappa shape index (κ2) is 8.84. The zero-order valence-electron chi connectivity index (χ0n) is 13.9. The molecule has 1 heterocycles. The van der Waals surface area contributed by atoms with Crippen molar-refractivity contribution < 1.29 is 0 Å². The smallest absolute Gasteiger partial charge is 0.0624 e. The molecule has 120 valence electrons. The average molecular weight is 310 g/mol. The molecule has 1 atom stereocenters. The van der Waals surface area contributed by atoms with Gasteiger partial charge in [-0.1, -0.05) is 26.7 Å². The number of aryl methyl sites for hydroxylation is 2. The summed E-state index contributed by atoms with van der Waals surface area (Å²) in [7, 11) is 0. The number of nitrogens with one attached hydrogen (secondary N) is 1. The maximum atomic E-state index is 4.68. The summed E-state index contributed by atoms with van der Waals surface area (Å²) in [6.07, 6.45) is 7.86. The summed E-state index contributed by atoms with van der Waals surface area (Å²) in [4.78, 5) is 0. The van der Waals surface area contributed by atoms with E-state index in [1.807, 2.05) is 0 Å². The topological polar surface area (TPSA) is 29.9 Å². The molecule has 4 heteroatoms. The number of likely N-dealkylation sites (N-methyl/N-ethyl adjacent to an activating group) is 1. The minimum atomic E-state index is 0.576. The fraction of sp³-hybridized carbons (Fsp3) is 0.824. The highest BCUT2D eigenvalue weighted by molar-refractivity contribution is 7.99. The highest BCUT2D eigenvalue weighted by atomic mass is 32.2. The summed E-state index contributed by atoms with van der Waals surface area (Å²) in [5.41, 5.74) is 2.62. The van der Waals surface area contributed by atoms with Crippen molar-refractivity contribution in [3.05, 3.63) is 17.5 Å². The number of rotatable bonds is 9. The molecular formula is C17H31N3S. The van der Waals surface area contributed by atoms with Crippen LogP contribution in [0.5, 0.6) is 0 Å². The van der Waals surface area contributed by atoms with Crippen molar-refractivity contribution in [1.29, 1.82) is 0 Å². The molecule has 0 radical (unpaired) electrons. The fourth-order valence-corrected chi connectivity index (χ4v) is 4.57. The number of thioether (sulfide) groups is 1. The lowest BCUT2D eigenvalue weighted by Crippen LogP contribution is -2.34. The predicted octanol–water partition coefficient (Wildman–Crippen LogP) is 3.66. The second-order valence-electron chi connectivity index (χ2n) is 5.99. The minimum absolute atomic E-state index is 0.576. The lowest BCUT2D eigenvalue weighted by atomic mass is 10.1. The molecule has 2 rings (SSSR count). The van der Waals surface area contributed by atoms with Crippen LogP contribution in [0.3, 0.4) is 0 Å². The van der Waals surface area contributed by atoms with Crippen LogP contribution in [0.4, 0.5) is 0 Å². The van der Waals surface area contributed by atoms with Crippen LogP contribution in [0.15, 0.2) is 6.07 Å². The van der Waals surface area contributed by atoms with Gasteiger partial charge in [0, 0.05) is 35.7 Å². The van der Waals surface area contributed by atoms with E-state index < -0.39 is 0 Å². The molecule has 0 amide bonds. The van der Waals surface area contributed by atoms with Crippen LogP contribution < -0.4 is 5.32 Å². The van der Waals surface area contributed by atoms with Crippen molar-refractivity contribution in [3.8, 4) is 0 Å². The quantitative estimate of drug-likeness (QED) is 0.755. The van der Waals surface area contributed by atoms with Gasteiger partial charge < -0.3 is 5.32 Å². The minimum Gasteiger partial charge on any atom is -0.313 e. The van der Waals surface area contributed by atoms with E-state index in [1.54, 1.807) is 0 Å². The van der Waals surface area contributed by atoms with E-state index in [1.165, 1.54) is 42.8 Å². The van der Waals surface area contributed by atoms with E-state index in [0.717, 1.165) is 31.2 Å². The molecule has 1 aliphatic carbocycles. The maximum absolute atomic E-state index is 4.68. The first-order valence-corrected chi connectivity index (χ1v) is 9.72. The molecule has 21 heavy (non-hydrogen) atoms. The Morgan fingerprint density at radius 3 is 2.71 bits per heavy atom. The molecule has 0 spiro atoms. The van der Waals surface area contributed by atoms with E-state index in [2.05, 4.69) is 53.7 Å². The van der Waals surface area contributed by atoms with Gasteiger partial charge in [-0.25, -0.2) is 0 Å². The van der Waals surface area contributed by atoms with Crippen LogP contribution in [-0.2, 0) is 19.4 Å². The van der Waals surface area contributed by atoms with Gasteiger partial charge in [-0.2, -0.15) is 16.9 Å². The van der Waals surface area contributed by atoms with E-state index in [9.17, 15) is 0 Å². The van der Waals surface area contributed by atoms with Gasteiger partial charge in [-0.15, -0.1) is 0 Å². The van der Waals surface area contributed by atoms with Crippen LogP contribution in [0.25, 0.3) is 0 Å². The fourth-order valence-electron chi connectivity index (χ4n) is 3.16. The van der Waals surface area contributed by atoms with Crippen molar-refractivity contribution in [2.24, 2.45) is 0 Å². The number of nitrogens with zero attached hydrogens (tertiary/aromatic N) is 2. The Labute approximate surface area is 134 Å². The van der Waals surface area contributed by atoms with E-state index in [4.69, 9.17) is 0 Å². The molecule has 0 aromatic carbocycles. The highest BCUT2D eigenvalue weighted by Gasteiger charge is 2.19. The first-order chi connectivity index (χ1) is 10.3. The number of aromatic nitrogens is 2. The lowest BCUT2D eigenvalue weighted by Gasteiger charge is -2.20. The van der Waals surface area contributed by atoms with E-state index in [-0.39, 0.29) is 0 Å². The van der Waals surface area contributed by atoms with E-state index in [0.29, 0.717) is 6.04 Å². The molecule has 0 aliphatic heterocycles. The first-order valence-electron chi connectivity index (χ1n) is 8.67. The van der Waals surface area contributed by atoms with Crippen LogP contribution in [-0.4, -0.2) is 33.4 Å². The van der Waals surface area contributed by atoms with Crippen LogP contribution >= 0.6 is 11.8 Å². The Kier molecular flexibility index (Phi) is 7.11. The zero-order valence-corrected chi connectivity index (χ0v) is 14.7. The Hall–Kier alpha value is -0.480. The van der Waals surface area contributed by atoms with Crippen molar-refractivity contribution in [1.82, 2.24) is 15.1 Å². The van der Waals surface area contributed by atoms with Crippen LogP contribution in [0, 0.1) is 0 Å². The number of hydrogen-bond acceptors (Lipinski definition) is 3. The Bertz CT molecular complexity index is 410. The molecule has 1 aromatic heterocycles. The molecule has 1 unspecified atom stereocenters. The molecule has 3 nitrogen and oxygen atoms in total. The molecule has 1 fully saturated rings. The molecule has 1 saturated carbocycles. The number of hydrogen-bond donors (Lipinski definition) is 1. The first kappa shape index (κ1) is 16.9. The van der Waals surface area contributed by atoms with Gasteiger partial charge in [0.1, 0.15) is 0 Å². The average Bonchev–Trinajstić information content (AvgIpc) is 3.14. The summed E-state index contributed by atoms with van der Waals surface area (Å²) in [5, 5.41) is 9.26. The Morgan fingerprint density at radius 1 is 1.33 bits per heavy atom. The summed E-state index contributed by atoms with van der Waals surface area (Å²) in [6.45, 7) is 8.61. The molecule has 1 aliphatic rings.